The van der Waals surface area contributed by atoms with Gasteiger partial charge in [0.15, 0.2) is 0 Å². The molecule has 1 aliphatic rings. The van der Waals surface area contributed by atoms with Crippen molar-refractivity contribution in [2.24, 2.45) is 5.92 Å². The fraction of sp³-hybridized carbons (Fsp3) is 0.450. The molecule has 0 saturated carbocycles. The van der Waals surface area contributed by atoms with Gasteiger partial charge in [-0.3, -0.25) is 4.79 Å². The quantitative estimate of drug-likeness (QED) is 0.831. The van der Waals surface area contributed by atoms with E-state index in [1.807, 2.05) is 18.2 Å². The van der Waals surface area contributed by atoms with Gasteiger partial charge in [-0.25, -0.2) is 0 Å². The van der Waals surface area contributed by atoms with E-state index < -0.39 is 0 Å². The van der Waals surface area contributed by atoms with Crippen LogP contribution in [0.1, 0.15) is 31.4 Å². The molecule has 1 amide bonds. The van der Waals surface area contributed by atoms with Crippen LogP contribution in [0.5, 0.6) is 0 Å². The second-order valence-corrected chi connectivity index (χ2v) is 8.09. The van der Waals surface area contributed by atoms with Gasteiger partial charge >= 0.3 is 0 Å². The molecular formula is C20H26ClN2O+. The largest absolute Gasteiger partial charge is 0.349 e. The number of carbonyl (C=O) groups excluding carboxylic acids is 1. The van der Waals surface area contributed by atoms with Crippen molar-refractivity contribution in [1.82, 2.24) is 5.32 Å². The van der Waals surface area contributed by atoms with Gasteiger partial charge < -0.3 is 9.80 Å². The number of rotatable bonds is 3. The van der Waals surface area contributed by atoms with Crippen LogP contribution >= 0.6 is 11.6 Å². The summed E-state index contributed by atoms with van der Waals surface area (Å²) in [7, 11) is 4.56. The fourth-order valence-electron chi connectivity index (χ4n) is 3.74. The maximum Gasteiger partial charge on any atom is 0.217 e. The zero-order valence-corrected chi connectivity index (χ0v) is 15.4. The van der Waals surface area contributed by atoms with Crippen LogP contribution in [0.2, 0.25) is 5.02 Å². The van der Waals surface area contributed by atoms with E-state index in [1.54, 1.807) is 6.92 Å². The predicted octanol–water partition coefficient (Wildman–Crippen LogP) is 4.16. The maximum absolute atomic E-state index is 11.8. The Kier molecular flexibility index (Phi) is 4.84. The number of benzene rings is 2. The Balaban J connectivity index is 1.91. The second-order valence-electron chi connectivity index (χ2n) is 7.65. The number of quaternary nitrogens is 1. The van der Waals surface area contributed by atoms with Gasteiger partial charge in [-0.2, -0.15) is 0 Å². The van der Waals surface area contributed by atoms with Crippen LogP contribution in [0, 0.1) is 5.92 Å². The summed E-state index contributed by atoms with van der Waals surface area (Å²) in [6.07, 6.45) is 2.27. The van der Waals surface area contributed by atoms with E-state index in [0.717, 1.165) is 40.8 Å². The molecule has 4 heteroatoms. The Labute approximate surface area is 149 Å². The molecule has 3 rings (SSSR count). The van der Waals surface area contributed by atoms with E-state index in [1.165, 1.54) is 10.9 Å². The summed E-state index contributed by atoms with van der Waals surface area (Å²) in [5.74, 6) is 0.528. The van der Waals surface area contributed by atoms with Crippen LogP contribution in [-0.2, 0) is 4.79 Å². The minimum Gasteiger partial charge on any atom is -0.349 e. The van der Waals surface area contributed by atoms with Crippen molar-refractivity contribution in [2.45, 2.75) is 25.8 Å². The van der Waals surface area contributed by atoms with Crippen molar-refractivity contribution in [1.29, 1.82) is 0 Å². The van der Waals surface area contributed by atoms with Crippen LogP contribution in [0.3, 0.4) is 0 Å². The number of nitrogens with one attached hydrogen (secondary N) is 1. The fourth-order valence-corrected chi connectivity index (χ4v) is 3.92. The lowest BCUT2D eigenvalue weighted by molar-refractivity contribution is -0.896. The van der Waals surface area contributed by atoms with E-state index >= 15 is 0 Å². The van der Waals surface area contributed by atoms with Gasteiger partial charge in [0.25, 0.3) is 0 Å². The SMILES string of the molecule is CC(=O)NC(c1ccc2cc(Cl)ccc2c1)C1CC[N+](C)(C)CC1. The third-order valence-electron chi connectivity index (χ3n) is 5.23. The molecule has 1 fully saturated rings. The lowest BCUT2D eigenvalue weighted by Crippen LogP contribution is -2.48. The molecule has 0 bridgehead atoms. The van der Waals surface area contributed by atoms with Crippen molar-refractivity contribution in [3.63, 3.8) is 0 Å². The Morgan fingerprint density at radius 1 is 1.12 bits per heavy atom. The van der Waals surface area contributed by atoms with E-state index in [-0.39, 0.29) is 11.9 Å². The van der Waals surface area contributed by atoms with Gasteiger partial charge in [-0.05, 0) is 40.5 Å². The molecule has 1 N–H and O–H groups in total. The number of amides is 1. The summed E-state index contributed by atoms with van der Waals surface area (Å²) in [6, 6.07) is 12.5. The number of halogens is 1. The molecule has 0 aliphatic carbocycles. The maximum atomic E-state index is 11.8. The first kappa shape index (κ1) is 17.2. The number of carbonyl (C=O) groups is 1. The summed E-state index contributed by atoms with van der Waals surface area (Å²) in [4.78, 5) is 11.8. The monoisotopic (exact) mass is 345 g/mol. The first-order chi connectivity index (χ1) is 11.3. The predicted molar refractivity (Wildman–Crippen MR) is 100 cm³/mol. The lowest BCUT2D eigenvalue weighted by Gasteiger charge is -2.40. The normalized spacial score (nSPS) is 19.2. The highest BCUT2D eigenvalue weighted by Crippen LogP contribution is 2.34. The van der Waals surface area contributed by atoms with Gasteiger partial charge in [0.2, 0.25) is 5.91 Å². The van der Waals surface area contributed by atoms with Crippen LogP contribution in [0.25, 0.3) is 10.8 Å². The Morgan fingerprint density at radius 2 is 1.75 bits per heavy atom. The standard InChI is InChI=1S/C20H25ClN2O/c1-14(24)22-20(15-8-10-23(2,3)11-9-15)18-5-4-17-13-19(21)7-6-16(17)12-18/h4-7,12-13,15,20H,8-11H2,1-3H3/p+1. The van der Waals surface area contributed by atoms with Crippen molar-refractivity contribution in [3.8, 4) is 0 Å². The molecular weight excluding hydrogens is 320 g/mol. The lowest BCUT2D eigenvalue weighted by atomic mass is 9.84. The molecule has 2 aromatic carbocycles. The summed E-state index contributed by atoms with van der Waals surface area (Å²) in [5.41, 5.74) is 1.19. The molecule has 1 aliphatic heterocycles. The van der Waals surface area contributed by atoms with Gasteiger partial charge in [-0.15, -0.1) is 0 Å². The average molecular weight is 346 g/mol. The zero-order valence-electron chi connectivity index (χ0n) is 14.7. The van der Waals surface area contributed by atoms with Gasteiger partial charge in [0, 0.05) is 24.8 Å². The van der Waals surface area contributed by atoms with Crippen molar-refractivity contribution in [2.75, 3.05) is 27.2 Å². The number of fused-ring (bicyclic) bond motifs is 1. The molecule has 1 heterocycles. The molecule has 0 spiro atoms. The molecule has 0 radical (unpaired) electrons. The van der Waals surface area contributed by atoms with Crippen molar-refractivity contribution >= 4 is 28.3 Å². The molecule has 1 unspecified atom stereocenters. The summed E-state index contributed by atoms with van der Waals surface area (Å²) >= 11 is 6.08. The van der Waals surface area contributed by atoms with Gasteiger partial charge in [0.1, 0.15) is 0 Å². The Hall–Kier alpha value is -1.58. The average Bonchev–Trinajstić information content (AvgIpc) is 2.52. The number of hydrogen-bond donors (Lipinski definition) is 1. The molecule has 2 aromatic rings. The van der Waals surface area contributed by atoms with E-state index in [9.17, 15) is 4.79 Å². The minimum absolute atomic E-state index is 0.0375. The van der Waals surface area contributed by atoms with Gasteiger partial charge in [-0.1, -0.05) is 29.8 Å². The van der Waals surface area contributed by atoms with E-state index in [2.05, 4.69) is 37.6 Å². The highest BCUT2D eigenvalue weighted by atomic mass is 35.5. The second kappa shape index (κ2) is 6.73. The third kappa shape index (κ3) is 3.90. The minimum atomic E-state index is 0.0375. The highest BCUT2D eigenvalue weighted by Gasteiger charge is 2.32. The first-order valence-corrected chi connectivity index (χ1v) is 9.00. The number of likely N-dealkylation sites (tertiary alicyclic amines) is 1. The first-order valence-electron chi connectivity index (χ1n) is 8.62. The van der Waals surface area contributed by atoms with E-state index in [4.69, 9.17) is 11.6 Å². The summed E-state index contributed by atoms with van der Waals surface area (Å²) in [6.45, 7) is 3.92. The number of hydrogen-bond acceptors (Lipinski definition) is 1. The molecule has 1 saturated heterocycles. The van der Waals surface area contributed by atoms with Crippen LogP contribution in [-0.4, -0.2) is 37.6 Å². The topological polar surface area (TPSA) is 29.1 Å². The zero-order chi connectivity index (χ0) is 17.3. The Bertz CT molecular complexity index is 746. The Morgan fingerprint density at radius 3 is 2.42 bits per heavy atom. The van der Waals surface area contributed by atoms with Crippen LogP contribution in [0.4, 0.5) is 0 Å². The summed E-state index contributed by atoms with van der Waals surface area (Å²) in [5, 5.41) is 6.25. The molecule has 3 nitrogen and oxygen atoms in total. The van der Waals surface area contributed by atoms with Crippen LogP contribution in [0.15, 0.2) is 36.4 Å². The van der Waals surface area contributed by atoms with Gasteiger partial charge in [0.05, 0.1) is 33.2 Å². The van der Waals surface area contributed by atoms with E-state index in [0.29, 0.717) is 5.92 Å². The van der Waals surface area contributed by atoms with Crippen molar-refractivity contribution < 1.29 is 9.28 Å². The summed E-state index contributed by atoms with van der Waals surface area (Å²) < 4.78 is 1.07. The molecule has 0 aromatic heterocycles. The third-order valence-corrected chi connectivity index (χ3v) is 5.46. The highest BCUT2D eigenvalue weighted by molar-refractivity contribution is 6.31. The molecule has 128 valence electrons. The number of nitrogens with zero attached hydrogens (tertiary/aromatic N) is 1. The number of piperidine rings is 1. The molecule has 1 atom stereocenters. The van der Waals surface area contributed by atoms with Crippen LogP contribution < -0.4 is 5.32 Å². The molecule has 24 heavy (non-hydrogen) atoms. The van der Waals surface area contributed by atoms with Crippen molar-refractivity contribution in [3.05, 3.63) is 47.0 Å². The smallest absolute Gasteiger partial charge is 0.217 e.